The summed E-state index contributed by atoms with van der Waals surface area (Å²) in [6.07, 6.45) is 4.55. The molecule has 0 spiro atoms. The van der Waals surface area contributed by atoms with Crippen LogP contribution in [0, 0.1) is 0 Å². The first-order chi connectivity index (χ1) is 7.20. The fourth-order valence-electron chi connectivity index (χ4n) is 2.36. The lowest BCUT2D eigenvalue weighted by atomic mass is 10.00. The van der Waals surface area contributed by atoms with Gasteiger partial charge in [-0.2, -0.15) is 0 Å². The van der Waals surface area contributed by atoms with Crippen molar-refractivity contribution in [2.75, 3.05) is 13.2 Å². The monoisotopic (exact) mass is 213 g/mol. The number of likely N-dealkylation sites (tertiary alicyclic amines) is 1. The molecule has 1 saturated heterocycles. The number of esters is 1. The van der Waals surface area contributed by atoms with Crippen LogP contribution in [0.25, 0.3) is 0 Å². The molecule has 1 rings (SSSR count). The third kappa shape index (κ3) is 3.20. The molecular formula is C12H23NO2. The van der Waals surface area contributed by atoms with Crippen molar-refractivity contribution in [1.82, 2.24) is 4.90 Å². The van der Waals surface area contributed by atoms with Gasteiger partial charge in [-0.25, -0.2) is 0 Å². The van der Waals surface area contributed by atoms with Gasteiger partial charge in [-0.15, -0.1) is 0 Å². The number of piperidine rings is 1. The third-order valence-corrected chi connectivity index (χ3v) is 3.20. The van der Waals surface area contributed by atoms with E-state index in [0.29, 0.717) is 12.6 Å². The van der Waals surface area contributed by atoms with Crippen LogP contribution >= 0.6 is 0 Å². The smallest absolute Gasteiger partial charge is 0.323 e. The minimum atomic E-state index is -0.0475. The second-order valence-corrected chi connectivity index (χ2v) is 4.26. The van der Waals surface area contributed by atoms with Crippen LogP contribution in [0.3, 0.4) is 0 Å². The zero-order chi connectivity index (χ0) is 11.3. The Balaban J connectivity index is 2.59. The maximum absolute atomic E-state index is 11.8. The van der Waals surface area contributed by atoms with Crippen LogP contribution in [0.5, 0.6) is 0 Å². The molecule has 0 amide bonds. The molecule has 2 unspecified atom stereocenters. The van der Waals surface area contributed by atoms with E-state index in [-0.39, 0.29) is 12.0 Å². The van der Waals surface area contributed by atoms with Gasteiger partial charge in [-0.1, -0.05) is 13.3 Å². The Hall–Kier alpha value is -0.570. The van der Waals surface area contributed by atoms with E-state index in [1.165, 1.54) is 19.3 Å². The maximum Gasteiger partial charge on any atom is 0.323 e. The number of hydrogen-bond acceptors (Lipinski definition) is 3. The highest BCUT2D eigenvalue weighted by Crippen LogP contribution is 2.21. The van der Waals surface area contributed by atoms with E-state index >= 15 is 0 Å². The van der Waals surface area contributed by atoms with Crippen LogP contribution < -0.4 is 0 Å². The Morgan fingerprint density at radius 2 is 2.20 bits per heavy atom. The topological polar surface area (TPSA) is 29.5 Å². The summed E-state index contributed by atoms with van der Waals surface area (Å²) in [5.41, 5.74) is 0. The first-order valence-corrected chi connectivity index (χ1v) is 6.13. The summed E-state index contributed by atoms with van der Waals surface area (Å²) in [7, 11) is 0. The van der Waals surface area contributed by atoms with Crippen LogP contribution in [0.1, 0.15) is 46.5 Å². The third-order valence-electron chi connectivity index (χ3n) is 3.20. The highest BCUT2D eigenvalue weighted by molar-refractivity contribution is 5.75. The van der Waals surface area contributed by atoms with Crippen LogP contribution in [-0.2, 0) is 9.53 Å². The fraction of sp³-hybridized carbons (Fsp3) is 0.917. The molecule has 1 heterocycles. The summed E-state index contributed by atoms with van der Waals surface area (Å²) in [5, 5.41) is 0. The molecule has 0 aromatic rings. The molecule has 3 heteroatoms. The second-order valence-electron chi connectivity index (χ2n) is 4.26. The molecule has 15 heavy (non-hydrogen) atoms. The number of carbonyl (C=O) groups is 1. The summed E-state index contributed by atoms with van der Waals surface area (Å²) in [6.45, 7) is 7.66. The van der Waals surface area contributed by atoms with E-state index in [9.17, 15) is 4.79 Å². The quantitative estimate of drug-likeness (QED) is 0.670. The van der Waals surface area contributed by atoms with E-state index in [0.717, 1.165) is 13.0 Å². The minimum absolute atomic E-state index is 0.0275. The molecule has 0 aliphatic carbocycles. The lowest BCUT2D eigenvalue weighted by Gasteiger charge is -2.37. The Labute approximate surface area is 92.8 Å². The zero-order valence-corrected chi connectivity index (χ0v) is 10.2. The molecule has 1 aliphatic rings. The summed E-state index contributed by atoms with van der Waals surface area (Å²) >= 11 is 0. The predicted octanol–water partition coefficient (Wildman–Crippen LogP) is 2.20. The van der Waals surface area contributed by atoms with Crippen LogP contribution in [0.4, 0.5) is 0 Å². The van der Waals surface area contributed by atoms with Gasteiger partial charge in [0.15, 0.2) is 0 Å². The molecule has 1 fully saturated rings. The van der Waals surface area contributed by atoms with Gasteiger partial charge in [0.2, 0.25) is 0 Å². The maximum atomic E-state index is 11.8. The second kappa shape index (κ2) is 6.11. The van der Waals surface area contributed by atoms with Crippen molar-refractivity contribution in [2.24, 2.45) is 0 Å². The van der Waals surface area contributed by atoms with Crippen molar-refractivity contribution < 1.29 is 9.53 Å². The van der Waals surface area contributed by atoms with Crippen molar-refractivity contribution >= 4 is 5.97 Å². The summed E-state index contributed by atoms with van der Waals surface area (Å²) < 4.78 is 5.12. The van der Waals surface area contributed by atoms with Gasteiger partial charge in [-0.3, -0.25) is 9.69 Å². The van der Waals surface area contributed by atoms with Gasteiger partial charge in [0.1, 0.15) is 6.04 Å². The molecule has 0 aromatic carbocycles. The first kappa shape index (κ1) is 12.5. The largest absolute Gasteiger partial charge is 0.465 e. The van der Waals surface area contributed by atoms with E-state index < -0.39 is 0 Å². The number of nitrogens with zero attached hydrogens (tertiary/aromatic N) is 1. The lowest BCUT2D eigenvalue weighted by molar-refractivity contribution is -0.151. The van der Waals surface area contributed by atoms with E-state index in [1.807, 2.05) is 6.92 Å². The number of ether oxygens (including phenoxy) is 1. The van der Waals surface area contributed by atoms with Crippen molar-refractivity contribution in [2.45, 2.75) is 58.5 Å². The van der Waals surface area contributed by atoms with E-state index in [1.54, 1.807) is 0 Å². The molecule has 88 valence electrons. The van der Waals surface area contributed by atoms with Crippen LogP contribution in [-0.4, -0.2) is 36.1 Å². The molecule has 1 aliphatic heterocycles. The highest BCUT2D eigenvalue weighted by atomic mass is 16.5. The number of carbonyl (C=O) groups excluding carboxylic acids is 1. The molecule has 0 N–H and O–H groups in total. The molecule has 2 atom stereocenters. The summed E-state index contributed by atoms with van der Waals surface area (Å²) in [4.78, 5) is 14.1. The normalized spacial score (nSPS) is 24.9. The molecule has 0 bridgehead atoms. The van der Waals surface area contributed by atoms with Gasteiger partial charge >= 0.3 is 5.97 Å². The SMILES string of the molecule is CCOC(=O)C(CC)N1CCCCC1C. The molecule has 3 nitrogen and oxygen atoms in total. The Kier molecular flexibility index (Phi) is 5.09. The highest BCUT2D eigenvalue weighted by Gasteiger charge is 2.30. The first-order valence-electron chi connectivity index (χ1n) is 6.13. The average molecular weight is 213 g/mol. The number of hydrogen-bond donors (Lipinski definition) is 0. The molecule has 0 saturated carbocycles. The van der Waals surface area contributed by atoms with Crippen LogP contribution in [0.15, 0.2) is 0 Å². The number of rotatable bonds is 4. The van der Waals surface area contributed by atoms with Crippen molar-refractivity contribution in [3.63, 3.8) is 0 Å². The Bertz CT molecular complexity index is 206. The molecule has 0 radical (unpaired) electrons. The summed E-state index contributed by atoms with van der Waals surface area (Å²) in [6, 6.07) is 0.494. The summed E-state index contributed by atoms with van der Waals surface area (Å²) in [5.74, 6) is -0.0475. The van der Waals surface area contributed by atoms with Gasteiger partial charge < -0.3 is 4.74 Å². The van der Waals surface area contributed by atoms with Gasteiger partial charge in [0.05, 0.1) is 6.61 Å². The van der Waals surface area contributed by atoms with E-state index in [4.69, 9.17) is 4.74 Å². The van der Waals surface area contributed by atoms with Crippen molar-refractivity contribution in [3.8, 4) is 0 Å². The Morgan fingerprint density at radius 3 is 2.73 bits per heavy atom. The molecular weight excluding hydrogens is 190 g/mol. The Morgan fingerprint density at radius 1 is 1.47 bits per heavy atom. The molecule has 0 aromatic heterocycles. The van der Waals surface area contributed by atoms with Crippen LogP contribution in [0.2, 0.25) is 0 Å². The van der Waals surface area contributed by atoms with Gasteiger partial charge in [-0.05, 0) is 39.7 Å². The standard InChI is InChI=1S/C12H23NO2/c1-4-11(12(14)15-5-2)13-9-7-6-8-10(13)3/h10-11H,4-9H2,1-3H3. The van der Waals surface area contributed by atoms with E-state index in [2.05, 4.69) is 18.7 Å². The van der Waals surface area contributed by atoms with Gasteiger partial charge in [0.25, 0.3) is 0 Å². The predicted molar refractivity (Wildman–Crippen MR) is 60.7 cm³/mol. The average Bonchev–Trinajstić information content (AvgIpc) is 2.22. The fourth-order valence-corrected chi connectivity index (χ4v) is 2.36. The lowest BCUT2D eigenvalue weighted by Crippen LogP contribution is -2.49. The zero-order valence-electron chi connectivity index (χ0n) is 10.2. The van der Waals surface area contributed by atoms with Crippen molar-refractivity contribution in [1.29, 1.82) is 0 Å². The van der Waals surface area contributed by atoms with Gasteiger partial charge in [0, 0.05) is 6.04 Å². The minimum Gasteiger partial charge on any atom is -0.465 e. The van der Waals surface area contributed by atoms with Crippen molar-refractivity contribution in [3.05, 3.63) is 0 Å².